The van der Waals surface area contributed by atoms with E-state index < -0.39 is 0 Å². The van der Waals surface area contributed by atoms with Crippen LogP contribution in [0, 0.1) is 17.7 Å². The molecule has 1 aliphatic rings. The number of carbonyl (C=O) groups excluding carboxylic acids is 1. The number of hydrogen-bond acceptors (Lipinski definition) is 1. The van der Waals surface area contributed by atoms with E-state index in [1.54, 1.807) is 12.1 Å². The maximum absolute atomic E-state index is 13.4. The zero-order chi connectivity index (χ0) is 14.7. The van der Waals surface area contributed by atoms with Gasteiger partial charge < -0.3 is 0 Å². The summed E-state index contributed by atoms with van der Waals surface area (Å²) >= 11 is 0. The molecule has 0 aromatic heterocycles. The van der Waals surface area contributed by atoms with Gasteiger partial charge in [-0.25, -0.2) is 4.39 Å². The van der Waals surface area contributed by atoms with Gasteiger partial charge in [-0.2, -0.15) is 0 Å². The number of Topliss-reactive ketones (excluding diaryl/α,β-unsaturated/α-hetero) is 1. The highest BCUT2D eigenvalue weighted by molar-refractivity contribution is 6.01. The summed E-state index contributed by atoms with van der Waals surface area (Å²) in [6.45, 7) is 11.6. The molecule has 2 unspecified atom stereocenters. The molecule has 1 aliphatic carbocycles. The van der Waals surface area contributed by atoms with Crippen LogP contribution >= 0.6 is 0 Å². The number of fused-ring (bicyclic) bond motifs is 1. The Morgan fingerprint density at radius 3 is 2.60 bits per heavy atom. The molecule has 0 heterocycles. The van der Waals surface area contributed by atoms with Crippen LogP contribution in [0.4, 0.5) is 4.39 Å². The van der Waals surface area contributed by atoms with E-state index >= 15 is 0 Å². The van der Waals surface area contributed by atoms with E-state index in [2.05, 4.69) is 19.7 Å². The predicted octanol–water partition coefficient (Wildman–Crippen LogP) is 4.51. The Balaban J connectivity index is 2.51. The monoisotopic (exact) mass is 270 g/mol. The summed E-state index contributed by atoms with van der Waals surface area (Å²) in [5, 5.41) is 0. The van der Waals surface area contributed by atoms with Crippen molar-refractivity contribution in [3.63, 3.8) is 0 Å². The normalized spacial score (nSPS) is 22.1. The minimum Gasteiger partial charge on any atom is -0.293 e. The largest absolute Gasteiger partial charge is 0.293 e. The Labute approximate surface area is 119 Å². The van der Waals surface area contributed by atoms with Crippen LogP contribution in [-0.4, -0.2) is 5.78 Å². The van der Waals surface area contributed by atoms with E-state index in [1.807, 2.05) is 6.08 Å². The topological polar surface area (TPSA) is 17.1 Å². The molecule has 0 saturated carbocycles. The summed E-state index contributed by atoms with van der Waals surface area (Å²) in [5.74, 6) is -0.549. The minimum atomic E-state index is -0.373. The smallest absolute Gasteiger partial charge is 0.170 e. The molecule has 0 N–H and O–H groups in total. The molecular weight excluding hydrogens is 251 g/mol. The first kappa shape index (κ1) is 14.4. The lowest BCUT2D eigenvalue weighted by Gasteiger charge is -2.20. The third-order valence-corrected chi connectivity index (χ3v) is 3.95. The Morgan fingerprint density at radius 1 is 1.25 bits per heavy atom. The zero-order valence-electron chi connectivity index (χ0n) is 11.6. The Hall–Kier alpha value is -1.96. The standard InChI is InChI=1S/C18H19FO/c1-4-6-13-10-14-8-9-15(19)11-17(14)18(20)16(7-5-2)12(13)3/h4-5,8-9,11,13,16H,1-3,6-7,10H2. The average molecular weight is 270 g/mol. The van der Waals surface area contributed by atoms with Gasteiger partial charge in [0, 0.05) is 11.5 Å². The Bertz CT molecular complexity index is 571. The van der Waals surface area contributed by atoms with Crippen molar-refractivity contribution < 1.29 is 9.18 Å². The number of benzene rings is 1. The number of allylic oxidation sites excluding steroid dienone is 3. The molecule has 2 atom stereocenters. The molecule has 0 aliphatic heterocycles. The molecule has 104 valence electrons. The van der Waals surface area contributed by atoms with Crippen molar-refractivity contribution in [3.8, 4) is 0 Å². The van der Waals surface area contributed by atoms with Crippen LogP contribution in [0.25, 0.3) is 0 Å². The van der Waals surface area contributed by atoms with Gasteiger partial charge >= 0.3 is 0 Å². The van der Waals surface area contributed by atoms with Crippen molar-refractivity contribution in [1.82, 2.24) is 0 Å². The SMILES string of the molecule is C=CCC1Cc2ccc(F)cc2C(=O)C(CC=C)C1=C. The summed E-state index contributed by atoms with van der Waals surface area (Å²) in [4.78, 5) is 12.6. The second-order valence-corrected chi connectivity index (χ2v) is 5.24. The Kier molecular flexibility index (Phi) is 4.33. The highest BCUT2D eigenvalue weighted by atomic mass is 19.1. The lowest BCUT2D eigenvalue weighted by atomic mass is 9.83. The van der Waals surface area contributed by atoms with Crippen LogP contribution in [0.2, 0.25) is 0 Å². The second kappa shape index (κ2) is 6.00. The van der Waals surface area contributed by atoms with Gasteiger partial charge in [0.15, 0.2) is 5.78 Å². The first-order valence-corrected chi connectivity index (χ1v) is 6.81. The van der Waals surface area contributed by atoms with Crippen LogP contribution in [0.3, 0.4) is 0 Å². The first-order chi connectivity index (χ1) is 9.58. The van der Waals surface area contributed by atoms with Crippen LogP contribution in [0.5, 0.6) is 0 Å². The van der Waals surface area contributed by atoms with Gasteiger partial charge in [-0.3, -0.25) is 4.79 Å². The molecule has 1 nitrogen and oxygen atoms in total. The average Bonchev–Trinajstić information content (AvgIpc) is 2.52. The van der Waals surface area contributed by atoms with E-state index in [9.17, 15) is 9.18 Å². The minimum absolute atomic E-state index is 0.0454. The van der Waals surface area contributed by atoms with Gasteiger partial charge in [-0.1, -0.05) is 30.4 Å². The van der Waals surface area contributed by atoms with Crippen molar-refractivity contribution in [2.24, 2.45) is 11.8 Å². The molecule has 0 fully saturated rings. The molecule has 0 radical (unpaired) electrons. The van der Waals surface area contributed by atoms with Gasteiger partial charge in [-0.05, 0) is 42.9 Å². The summed E-state index contributed by atoms with van der Waals surface area (Å²) < 4.78 is 13.4. The molecule has 1 aromatic carbocycles. The molecule has 0 saturated heterocycles. The quantitative estimate of drug-likeness (QED) is 0.581. The molecule has 2 heteroatoms. The van der Waals surface area contributed by atoms with E-state index in [4.69, 9.17) is 0 Å². The number of halogens is 1. The highest BCUT2D eigenvalue weighted by Gasteiger charge is 2.32. The first-order valence-electron chi connectivity index (χ1n) is 6.81. The third kappa shape index (κ3) is 2.64. The molecular formula is C18H19FO. The highest BCUT2D eigenvalue weighted by Crippen LogP contribution is 2.35. The van der Waals surface area contributed by atoms with Gasteiger partial charge in [0.05, 0.1) is 0 Å². The third-order valence-electron chi connectivity index (χ3n) is 3.95. The Morgan fingerprint density at radius 2 is 1.95 bits per heavy atom. The fourth-order valence-corrected chi connectivity index (χ4v) is 2.85. The summed E-state index contributed by atoms with van der Waals surface area (Å²) in [5.41, 5.74) is 2.30. The lowest BCUT2D eigenvalue weighted by molar-refractivity contribution is 0.0938. The van der Waals surface area contributed by atoms with E-state index in [-0.39, 0.29) is 23.4 Å². The molecule has 2 rings (SSSR count). The zero-order valence-corrected chi connectivity index (χ0v) is 11.6. The predicted molar refractivity (Wildman–Crippen MR) is 80.2 cm³/mol. The summed E-state index contributed by atoms with van der Waals surface area (Å²) in [7, 11) is 0. The van der Waals surface area contributed by atoms with Gasteiger partial charge in [-0.15, -0.1) is 13.2 Å². The number of rotatable bonds is 4. The van der Waals surface area contributed by atoms with Crippen LogP contribution in [0.1, 0.15) is 28.8 Å². The van der Waals surface area contributed by atoms with Crippen LogP contribution < -0.4 is 0 Å². The van der Waals surface area contributed by atoms with Crippen molar-refractivity contribution in [2.45, 2.75) is 19.3 Å². The number of hydrogen-bond donors (Lipinski definition) is 0. The fourth-order valence-electron chi connectivity index (χ4n) is 2.85. The van der Waals surface area contributed by atoms with Crippen LogP contribution in [-0.2, 0) is 6.42 Å². The van der Waals surface area contributed by atoms with Crippen LogP contribution in [0.15, 0.2) is 55.7 Å². The maximum atomic E-state index is 13.4. The molecule has 1 aromatic rings. The molecule has 0 bridgehead atoms. The van der Waals surface area contributed by atoms with Gasteiger partial charge in [0.2, 0.25) is 0 Å². The molecule has 0 spiro atoms. The molecule has 20 heavy (non-hydrogen) atoms. The van der Waals surface area contributed by atoms with Gasteiger partial charge in [0.25, 0.3) is 0 Å². The van der Waals surface area contributed by atoms with Gasteiger partial charge in [0.1, 0.15) is 5.82 Å². The fraction of sp³-hybridized carbons (Fsp3) is 0.278. The van der Waals surface area contributed by atoms with Crippen molar-refractivity contribution in [2.75, 3.05) is 0 Å². The van der Waals surface area contributed by atoms with Crippen molar-refractivity contribution in [1.29, 1.82) is 0 Å². The molecule has 0 amide bonds. The second-order valence-electron chi connectivity index (χ2n) is 5.24. The maximum Gasteiger partial charge on any atom is 0.170 e. The van der Waals surface area contributed by atoms with E-state index in [1.165, 1.54) is 12.1 Å². The van der Waals surface area contributed by atoms with Crippen molar-refractivity contribution in [3.05, 3.63) is 72.6 Å². The lowest BCUT2D eigenvalue weighted by Crippen LogP contribution is -2.18. The van der Waals surface area contributed by atoms with E-state index in [0.717, 1.165) is 17.6 Å². The summed E-state index contributed by atoms with van der Waals surface area (Å²) in [6, 6.07) is 4.47. The van der Waals surface area contributed by atoms with E-state index in [0.29, 0.717) is 18.4 Å². The number of carbonyl (C=O) groups is 1. The summed E-state index contributed by atoms with van der Waals surface area (Å²) in [6.07, 6.45) is 5.60. The van der Waals surface area contributed by atoms with Crippen molar-refractivity contribution >= 4 is 5.78 Å². The number of ketones is 1.